The van der Waals surface area contributed by atoms with Crippen LogP contribution < -0.4 is 9.64 Å². The summed E-state index contributed by atoms with van der Waals surface area (Å²) in [5.74, 6) is -0.942. The fraction of sp³-hybridized carbons (Fsp3) is 0.233. The second-order valence-corrected chi connectivity index (χ2v) is 10.1. The van der Waals surface area contributed by atoms with Gasteiger partial charge in [-0.1, -0.05) is 73.2 Å². The van der Waals surface area contributed by atoms with Gasteiger partial charge < -0.3 is 9.84 Å². The zero-order valence-electron chi connectivity index (χ0n) is 21.0. The third-order valence-electron chi connectivity index (χ3n) is 6.49. The molecule has 1 aromatic heterocycles. The summed E-state index contributed by atoms with van der Waals surface area (Å²) in [6.45, 7) is 6.66. The molecule has 0 bridgehead atoms. The lowest BCUT2D eigenvalue weighted by molar-refractivity contribution is -0.132. The number of ketones is 1. The van der Waals surface area contributed by atoms with Crippen molar-refractivity contribution in [2.75, 3.05) is 11.5 Å². The van der Waals surface area contributed by atoms with E-state index in [2.05, 4.69) is 13.0 Å². The molecule has 1 amide bonds. The molecule has 0 spiro atoms. The van der Waals surface area contributed by atoms with Crippen molar-refractivity contribution in [1.82, 2.24) is 4.98 Å². The number of nitrogens with zero attached hydrogens (tertiary/aromatic N) is 2. The summed E-state index contributed by atoms with van der Waals surface area (Å²) < 4.78 is 6.67. The molecule has 1 saturated heterocycles. The third kappa shape index (κ3) is 4.62. The number of hydrogen-bond acceptors (Lipinski definition) is 6. The number of ether oxygens (including phenoxy) is 1. The molecule has 1 atom stereocenters. The van der Waals surface area contributed by atoms with Crippen LogP contribution in [-0.4, -0.2) is 28.4 Å². The number of benzene rings is 3. The van der Waals surface area contributed by atoms with Gasteiger partial charge >= 0.3 is 5.91 Å². The number of carbonyl (C=O) groups excluding carboxylic acids is 2. The van der Waals surface area contributed by atoms with E-state index in [1.807, 2.05) is 62.4 Å². The average Bonchev–Trinajstić information content (AvgIpc) is 3.45. The van der Waals surface area contributed by atoms with E-state index in [4.69, 9.17) is 9.72 Å². The Kier molecular flexibility index (Phi) is 6.80. The van der Waals surface area contributed by atoms with Crippen molar-refractivity contribution < 1.29 is 19.4 Å². The Morgan fingerprint density at radius 1 is 1.03 bits per heavy atom. The summed E-state index contributed by atoms with van der Waals surface area (Å²) in [7, 11) is 0. The highest BCUT2D eigenvalue weighted by molar-refractivity contribution is 7.22. The normalized spacial score (nSPS) is 17.1. The molecule has 1 unspecified atom stereocenters. The van der Waals surface area contributed by atoms with E-state index in [0.717, 1.165) is 28.6 Å². The van der Waals surface area contributed by atoms with Gasteiger partial charge in [-0.3, -0.25) is 14.5 Å². The average molecular weight is 513 g/mol. The Balaban J connectivity index is 1.66. The Morgan fingerprint density at radius 3 is 2.43 bits per heavy atom. The van der Waals surface area contributed by atoms with Crippen molar-refractivity contribution in [2.45, 2.75) is 39.7 Å². The maximum absolute atomic E-state index is 13.5. The first-order valence-corrected chi connectivity index (χ1v) is 13.2. The van der Waals surface area contributed by atoms with E-state index >= 15 is 0 Å². The number of aryl methyl sites for hydroxylation is 2. The zero-order chi connectivity index (χ0) is 26.1. The van der Waals surface area contributed by atoms with Crippen LogP contribution >= 0.6 is 11.3 Å². The lowest BCUT2D eigenvalue weighted by Gasteiger charge is -2.23. The number of carbonyl (C=O) groups is 2. The summed E-state index contributed by atoms with van der Waals surface area (Å²) in [6.07, 6.45) is 1.77. The van der Waals surface area contributed by atoms with Crippen molar-refractivity contribution >= 4 is 44.1 Å². The minimum absolute atomic E-state index is 0.0459. The van der Waals surface area contributed by atoms with Crippen molar-refractivity contribution in [3.8, 4) is 5.75 Å². The summed E-state index contributed by atoms with van der Waals surface area (Å²) in [5, 5.41) is 11.7. The molecule has 0 radical (unpaired) electrons. The van der Waals surface area contributed by atoms with Gasteiger partial charge in [0.15, 0.2) is 5.13 Å². The minimum Gasteiger partial charge on any atom is -0.507 e. The van der Waals surface area contributed by atoms with Gasteiger partial charge in [0.25, 0.3) is 5.78 Å². The number of amides is 1. The van der Waals surface area contributed by atoms with Crippen molar-refractivity contribution in [1.29, 1.82) is 0 Å². The molecule has 6 nitrogen and oxygen atoms in total. The number of hydrogen-bond donors (Lipinski definition) is 1. The smallest absolute Gasteiger partial charge is 0.301 e. The summed E-state index contributed by atoms with van der Waals surface area (Å²) >= 11 is 1.37. The maximum atomic E-state index is 13.5. The predicted molar refractivity (Wildman–Crippen MR) is 147 cm³/mol. The number of Topliss-reactive ketones (excluding diaryl/α,β-unsaturated/α-hetero) is 1. The standard InChI is InChI=1S/C30H28N2O4S/c1-4-16-36-22-13-11-20(12-14-22)26-25(27(33)21-9-6-18(3)7-10-21)28(34)29(35)32(26)30-31-23-15-8-19(5-2)17-24(23)37-30/h6-15,17,26,33H,4-5,16H2,1-3H3. The molecule has 0 aliphatic carbocycles. The van der Waals surface area contributed by atoms with Crippen LogP contribution in [0.2, 0.25) is 0 Å². The number of thiazole rings is 1. The van der Waals surface area contributed by atoms with Crippen LogP contribution in [0.4, 0.5) is 5.13 Å². The van der Waals surface area contributed by atoms with Crippen LogP contribution in [0.3, 0.4) is 0 Å². The Morgan fingerprint density at radius 2 is 1.76 bits per heavy atom. The second kappa shape index (κ2) is 10.2. The molecule has 37 heavy (non-hydrogen) atoms. The van der Waals surface area contributed by atoms with Crippen LogP contribution in [0.25, 0.3) is 16.0 Å². The number of rotatable bonds is 7. The number of anilines is 1. The molecule has 7 heteroatoms. The Hall–Kier alpha value is -3.97. The first-order chi connectivity index (χ1) is 17.9. The highest BCUT2D eigenvalue weighted by Gasteiger charge is 2.48. The van der Waals surface area contributed by atoms with E-state index in [1.54, 1.807) is 12.1 Å². The number of aromatic nitrogens is 1. The molecule has 1 aliphatic rings. The van der Waals surface area contributed by atoms with Gasteiger partial charge in [0, 0.05) is 5.56 Å². The van der Waals surface area contributed by atoms with Crippen LogP contribution in [0.5, 0.6) is 5.75 Å². The van der Waals surface area contributed by atoms with Gasteiger partial charge in [0.05, 0.1) is 28.4 Å². The van der Waals surface area contributed by atoms with Crippen molar-refractivity contribution in [2.24, 2.45) is 0 Å². The molecule has 2 heterocycles. The monoisotopic (exact) mass is 512 g/mol. The SMILES string of the molecule is CCCOc1ccc(C2C(=C(O)c3ccc(C)cc3)C(=O)C(=O)N2c2nc3ccc(CC)cc3s2)cc1. The first-order valence-electron chi connectivity index (χ1n) is 12.4. The second-order valence-electron chi connectivity index (χ2n) is 9.10. The highest BCUT2D eigenvalue weighted by atomic mass is 32.1. The number of aliphatic hydroxyl groups excluding tert-OH is 1. The molecule has 1 aliphatic heterocycles. The fourth-order valence-corrected chi connectivity index (χ4v) is 5.51. The Labute approximate surface area is 219 Å². The van der Waals surface area contributed by atoms with Crippen molar-refractivity contribution in [3.05, 3.63) is 94.6 Å². The topological polar surface area (TPSA) is 79.7 Å². The van der Waals surface area contributed by atoms with E-state index in [0.29, 0.717) is 28.6 Å². The number of aliphatic hydroxyl groups is 1. The molecule has 0 saturated carbocycles. The molecule has 5 rings (SSSR count). The molecule has 1 fully saturated rings. The van der Waals surface area contributed by atoms with E-state index in [-0.39, 0.29) is 11.3 Å². The highest BCUT2D eigenvalue weighted by Crippen LogP contribution is 2.44. The van der Waals surface area contributed by atoms with Gasteiger partial charge in [-0.15, -0.1) is 0 Å². The number of fused-ring (bicyclic) bond motifs is 1. The molecule has 188 valence electrons. The molecule has 4 aromatic rings. The molecular formula is C30H28N2O4S. The van der Waals surface area contributed by atoms with Crippen molar-refractivity contribution in [3.63, 3.8) is 0 Å². The zero-order valence-corrected chi connectivity index (χ0v) is 21.8. The molecule has 1 N–H and O–H groups in total. The molecule has 3 aromatic carbocycles. The predicted octanol–water partition coefficient (Wildman–Crippen LogP) is 6.58. The van der Waals surface area contributed by atoms with Gasteiger partial charge in [-0.25, -0.2) is 4.98 Å². The third-order valence-corrected chi connectivity index (χ3v) is 7.51. The van der Waals surface area contributed by atoms with Gasteiger partial charge in [0.2, 0.25) is 0 Å². The quantitative estimate of drug-likeness (QED) is 0.172. The molecular weight excluding hydrogens is 484 g/mol. The first kappa shape index (κ1) is 24.7. The summed E-state index contributed by atoms with van der Waals surface area (Å²) in [4.78, 5) is 33.0. The van der Waals surface area contributed by atoms with E-state index in [9.17, 15) is 14.7 Å². The van der Waals surface area contributed by atoms with Crippen LogP contribution in [0.15, 0.2) is 72.3 Å². The minimum atomic E-state index is -0.826. The van der Waals surface area contributed by atoms with Gasteiger partial charge in [-0.2, -0.15) is 0 Å². The van der Waals surface area contributed by atoms with Gasteiger partial charge in [0.1, 0.15) is 11.5 Å². The van der Waals surface area contributed by atoms with Gasteiger partial charge in [-0.05, 0) is 55.2 Å². The van der Waals surface area contributed by atoms with E-state index < -0.39 is 17.7 Å². The Bertz CT molecular complexity index is 1500. The lowest BCUT2D eigenvalue weighted by atomic mass is 9.95. The van der Waals surface area contributed by atoms with Crippen LogP contribution in [-0.2, 0) is 16.0 Å². The largest absolute Gasteiger partial charge is 0.507 e. The maximum Gasteiger partial charge on any atom is 0.301 e. The lowest BCUT2D eigenvalue weighted by Crippen LogP contribution is -2.29. The fourth-order valence-electron chi connectivity index (χ4n) is 4.46. The summed E-state index contributed by atoms with van der Waals surface area (Å²) in [6, 6.07) is 19.7. The van der Waals surface area contributed by atoms with Crippen LogP contribution in [0, 0.1) is 6.92 Å². The van der Waals surface area contributed by atoms with E-state index in [1.165, 1.54) is 21.8 Å². The summed E-state index contributed by atoms with van der Waals surface area (Å²) in [5.41, 5.74) is 4.17. The van der Waals surface area contributed by atoms with Crippen LogP contribution in [0.1, 0.15) is 48.6 Å².